The zero-order chi connectivity index (χ0) is 13.5. The zero-order valence-corrected chi connectivity index (χ0v) is 12.8. The Morgan fingerprint density at radius 1 is 1.33 bits per heavy atom. The summed E-state index contributed by atoms with van der Waals surface area (Å²) in [7, 11) is 3.89. The van der Waals surface area contributed by atoms with Crippen molar-refractivity contribution in [2.45, 2.75) is 32.7 Å². The Morgan fingerprint density at radius 2 is 2.06 bits per heavy atom. The molecule has 18 heavy (non-hydrogen) atoms. The highest BCUT2D eigenvalue weighted by Gasteiger charge is 2.09. The number of rotatable bonds is 7. The van der Waals surface area contributed by atoms with E-state index in [0.29, 0.717) is 5.92 Å². The van der Waals surface area contributed by atoms with Gasteiger partial charge < -0.3 is 9.64 Å². The van der Waals surface area contributed by atoms with Gasteiger partial charge in [0.1, 0.15) is 5.75 Å². The molecule has 0 bridgehead atoms. The van der Waals surface area contributed by atoms with Crippen LogP contribution in [0.2, 0.25) is 0 Å². The molecule has 0 unspecified atom stereocenters. The van der Waals surface area contributed by atoms with Crippen molar-refractivity contribution in [3.8, 4) is 5.75 Å². The highest BCUT2D eigenvalue weighted by atomic mass is 32.1. The number of hydrogen-bond donors (Lipinski definition) is 1. The molecule has 0 fully saturated rings. The van der Waals surface area contributed by atoms with E-state index in [1.807, 2.05) is 0 Å². The molecule has 0 aromatic heterocycles. The van der Waals surface area contributed by atoms with Crippen LogP contribution in [-0.4, -0.2) is 31.4 Å². The van der Waals surface area contributed by atoms with Gasteiger partial charge >= 0.3 is 0 Å². The monoisotopic (exact) mass is 267 g/mol. The summed E-state index contributed by atoms with van der Waals surface area (Å²) in [6.07, 6.45) is 1.13. The molecule has 0 spiro atoms. The minimum Gasteiger partial charge on any atom is -0.496 e. The summed E-state index contributed by atoms with van der Waals surface area (Å²) in [5.74, 6) is 2.43. The fourth-order valence-electron chi connectivity index (χ4n) is 2.06. The van der Waals surface area contributed by atoms with Crippen molar-refractivity contribution in [3.05, 3.63) is 29.3 Å². The van der Waals surface area contributed by atoms with E-state index in [9.17, 15) is 0 Å². The lowest BCUT2D eigenvalue weighted by molar-refractivity contribution is 0.328. The molecule has 0 aliphatic heterocycles. The largest absolute Gasteiger partial charge is 0.496 e. The summed E-state index contributed by atoms with van der Waals surface area (Å²) in [5, 5.41) is 0. The highest BCUT2D eigenvalue weighted by molar-refractivity contribution is 7.80. The van der Waals surface area contributed by atoms with Crippen molar-refractivity contribution in [1.82, 2.24) is 4.90 Å². The van der Waals surface area contributed by atoms with E-state index in [-0.39, 0.29) is 0 Å². The Bertz CT molecular complexity index is 366. The molecule has 0 saturated carbocycles. The predicted molar refractivity (Wildman–Crippen MR) is 81.9 cm³/mol. The normalized spacial score (nSPS) is 11.3. The first-order valence-electron chi connectivity index (χ1n) is 6.54. The number of ether oxygens (including phenoxy) is 1. The van der Waals surface area contributed by atoms with E-state index >= 15 is 0 Å². The third-order valence-electron chi connectivity index (χ3n) is 3.07. The minimum absolute atomic E-state index is 0.489. The molecule has 1 aromatic rings. The molecule has 3 heteroatoms. The standard InChI is InChI=1S/C15H25NOS/c1-12(2)14-10-13(6-7-15(14)17-4)11-16(3)8-5-9-18/h6-7,10,12,18H,5,8-9,11H2,1-4H3. The van der Waals surface area contributed by atoms with Gasteiger partial charge in [-0.15, -0.1) is 0 Å². The van der Waals surface area contributed by atoms with E-state index < -0.39 is 0 Å². The number of nitrogens with zero attached hydrogens (tertiary/aromatic N) is 1. The zero-order valence-electron chi connectivity index (χ0n) is 11.9. The summed E-state index contributed by atoms with van der Waals surface area (Å²) in [6, 6.07) is 6.50. The van der Waals surface area contributed by atoms with Crippen LogP contribution in [-0.2, 0) is 6.54 Å². The lowest BCUT2D eigenvalue weighted by Crippen LogP contribution is -2.19. The van der Waals surface area contributed by atoms with E-state index in [1.54, 1.807) is 7.11 Å². The molecule has 0 aliphatic rings. The molecule has 0 atom stereocenters. The third-order valence-corrected chi connectivity index (χ3v) is 3.38. The molecule has 1 rings (SSSR count). The van der Waals surface area contributed by atoms with E-state index in [1.165, 1.54) is 11.1 Å². The molecular formula is C15H25NOS. The van der Waals surface area contributed by atoms with Gasteiger partial charge in [-0.25, -0.2) is 0 Å². The molecular weight excluding hydrogens is 242 g/mol. The van der Waals surface area contributed by atoms with Crippen LogP contribution in [0.3, 0.4) is 0 Å². The Labute approximate surface area is 117 Å². The highest BCUT2D eigenvalue weighted by Crippen LogP contribution is 2.27. The number of methoxy groups -OCH3 is 1. The molecule has 0 heterocycles. The fourth-order valence-corrected chi connectivity index (χ4v) is 2.21. The lowest BCUT2D eigenvalue weighted by Gasteiger charge is -2.18. The molecule has 0 N–H and O–H groups in total. The van der Waals surface area contributed by atoms with Crippen LogP contribution in [0.4, 0.5) is 0 Å². The maximum Gasteiger partial charge on any atom is 0.122 e. The van der Waals surface area contributed by atoms with Crippen LogP contribution >= 0.6 is 12.6 Å². The van der Waals surface area contributed by atoms with E-state index in [0.717, 1.165) is 31.0 Å². The van der Waals surface area contributed by atoms with Crippen molar-refractivity contribution in [1.29, 1.82) is 0 Å². The SMILES string of the molecule is COc1ccc(CN(C)CCCS)cc1C(C)C. The van der Waals surface area contributed by atoms with Crippen molar-refractivity contribution >= 4 is 12.6 Å². The summed E-state index contributed by atoms with van der Waals surface area (Å²) >= 11 is 4.25. The van der Waals surface area contributed by atoms with Crippen molar-refractivity contribution in [2.75, 3.05) is 26.5 Å². The quantitative estimate of drug-likeness (QED) is 0.758. The molecule has 0 radical (unpaired) electrons. The average Bonchev–Trinajstić information content (AvgIpc) is 2.36. The van der Waals surface area contributed by atoms with Crippen molar-refractivity contribution < 1.29 is 4.74 Å². The second-order valence-corrected chi connectivity index (χ2v) is 5.49. The topological polar surface area (TPSA) is 12.5 Å². The number of benzene rings is 1. The van der Waals surface area contributed by atoms with Gasteiger partial charge in [0.2, 0.25) is 0 Å². The summed E-state index contributed by atoms with van der Waals surface area (Å²) < 4.78 is 5.41. The minimum atomic E-state index is 0.489. The molecule has 1 aromatic carbocycles. The van der Waals surface area contributed by atoms with Gasteiger partial charge in [0.05, 0.1) is 7.11 Å². The van der Waals surface area contributed by atoms with Gasteiger partial charge in [-0.2, -0.15) is 12.6 Å². The van der Waals surface area contributed by atoms with Crippen LogP contribution in [0.1, 0.15) is 37.3 Å². The smallest absolute Gasteiger partial charge is 0.122 e. The number of thiol groups is 1. The van der Waals surface area contributed by atoms with Gasteiger partial charge in [0, 0.05) is 6.54 Å². The van der Waals surface area contributed by atoms with Crippen LogP contribution < -0.4 is 4.74 Å². The molecule has 102 valence electrons. The predicted octanol–water partition coefficient (Wildman–Crippen LogP) is 3.57. The van der Waals surface area contributed by atoms with Gasteiger partial charge in [-0.1, -0.05) is 26.0 Å². The summed E-state index contributed by atoms with van der Waals surface area (Å²) in [6.45, 7) is 6.47. The summed E-state index contributed by atoms with van der Waals surface area (Å²) in [5.41, 5.74) is 2.64. The van der Waals surface area contributed by atoms with Crippen LogP contribution in [0, 0.1) is 0 Å². The van der Waals surface area contributed by atoms with Gasteiger partial charge in [0.25, 0.3) is 0 Å². The maximum atomic E-state index is 5.41. The second-order valence-electron chi connectivity index (χ2n) is 5.05. The van der Waals surface area contributed by atoms with Crippen LogP contribution in [0.15, 0.2) is 18.2 Å². The molecule has 0 aliphatic carbocycles. The maximum absolute atomic E-state index is 5.41. The van der Waals surface area contributed by atoms with Crippen LogP contribution in [0.5, 0.6) is 5.75 Å². The van der Waals surface area contributed by atoms with E-state index in [2.05, 4.69) is 56.6 Å². The van der Waals surface area contributed by atoms with Gasteiger partial charge in [-0.3, -0.25) is 0 Å². The average molecular weight is 267 g/mol. The Balaban J connectivity index is 2.75. The Hall–Kier alpha value is -0.670. The molecule has 0 saturated heterocycles. The number of hydrogen-bond acceptors (Lipinski definition) is 3. The van der Waals surface area contributed by atoms with E-state index in [4.69, 9.17) is 4.74 Å². The Morgan fingerprint density at radius 3 is 2.61 bits per heavy atom. The summed E-state index contributed by atoms with van der Waals surface area (Å²) in [4.78, 5) is 2.34. The van der Waals surface area contributed by atoms with Crippen LogP contribution in [0.25, 0.3) is 0 Å². The van der Waals surface area contributed by atoms with Gasteiger partial charge in [-0.05, 0) is 48.9 Å². The third kappa shape index (κ3) is 4.54. The lowest BCUT2D eigenvalue weighted by atomic mass is 9.99. The second kappa shape index (κ2) is 7.70. The first-order chi connectivity index (χ1) is 8.58. The first-order valence-corrected chi connectivity index (χ1v) is 7.18. The molecule has 0 amide bonds. The first kappa shape index (κ1) is 15.4. The van der Waals surface area contributed by atoms with Crippen molar-refractivity contribution in [3.63, 3.8) is 0 Å². The molecule has 2 nitrogen and oxygen atoms in total. The van der Waals surface area contributed by atoms with Gasteiger partial charge in [0.15, 0.2) is 0 Å². The fraction of sp³-hybridized carbons (Fsp3) is 0.600. The van der Waals surface area contributed by atoms with Crippen molar-refractivity contribution in [2.24, 2.45) is 0 Å². The Kier molecular flexibility index (Phi) is 6.58.